The molecule has 11 heteroatoms. The van der Waals surface area contributed by atoms with Crippen LogP contribution in [0.15, 0.2) is 101 Å². The van der Waals surface area contributed by atoms with Gasteiger partial charge in [0, 0.05) is 0 Å². The number of furan rings is 1. The predicted octanol–water partition coefficient (Wildman–Crippen LogP) is 4.71. The minimum absolute atomic E-state index is 0.00237. The van der Waals surface area contributed by atoms with E-state index in [1.807, 2.05) is 0 Å². The normalized spacial score (nSPS) is 11.0. The SMILES string of the molecule is COc1ccc(N(CC(=O)Nc2ccccc2C(=O)NCc2ccco2)S(=O)(=O)c2ccccc2)cc1Cl. The molecule has 0 saturated heterocycles. The van der Waals surface area contributed by atoms with Gasteiger partial charge < -0.3 is 19.8 Å². The van der Waals surface area contributed by atoms with Crippen molar-refractivity contribution in [1.29, 1.82) is 0 Å². The van der Waals surface area contributed by atoms with E-state index in [0.29, 0.717) is 11.5 Å². The van der Waals surface area contributed by atoms with Gasteiger partial charge in [-0.3, -0.25) is 13.9 Å². The van der Waals surface area contributed by atoms with Crippen LogP contribution >= 0.6 is 11.6 Å². The van der Waals surface area contributed by atoms with Gasteiger partial charge in [0.15, 0.2) is 0 Å². The molecule has 0 aliphatic carbocycles. The Labute approximate surface area is 225 Å². The lowest BCUT2D eigenvalue weighted by Gasteiger charge is -2.25. The van der Waals surface area contributed by atoms with Gasteiger partial charge in [-0.25, -0.2) is 8.42 Å². The van der Waals surface area contributed by atoms with Gasteiger partial charge in [-0.15, -0.1) is 0 Å². The number of anilines is 2. The first kappa shape index (κ1) is 26.8. The summed E-state index contributed by atoms with van der Waals surface area (Å²) in [7, 11) is -2.72. The zero-order valence-corrected chi connectivity index (χ0v) is 21.8. The summed E-state index contributed by atoms with van der Waals surface area (Å²) >= 11 is 6.26. The van der Waals surface area contributed by atoms with Crippen LogP contribution in [0.3, 0.4) is 0 Å². The predicted molar refractivity (Wildman–Crippen MR) is 144 cm³/mol. The topological polar surface area (TPSA) is 118 Å². The van der Waals surface area contributed by atoms with Gasteiger partial charge in [0.25, 0.3) is 15.9 Å². The summed E-state index contributed by atoms with van der Waals surface area (Å²) in [4.78, 5) is 26.0. The molecule has 0 atom stereocenters. The lowest BCUT2D eigenvalue weighted by atomic mass is 10.1. The smallest absolute Gasteiger partial charge is 0.264 e. The van der Waals surface area contributed by atoms with Gasteiger partial charge in [0.2, 0.25) is 5.91 Å². The summed E-state index contributed by atoms with van der Waals surface area (Å²) in [5.74, 6) is -0.179. The molecular formula is C27H24ClN3O6S. The lowest BCUT2D eigenvalue weighted by molar-refractivity contribution is -0.114. The first-order valence-corrected chi connectivity index (χ1v) is 13.2. The third-order valence-corrected chi connectivity index (χ3v) is 7.57. The molecule has 2 amide bonds. The van der Waals surface area contributed by atoms with Crippen LogP contribution in [0.1, 0.15) is 16.1 Å². The second kappa shape index (κ2) is 11.8. The van der Waals surface area contributed by atoms with E-state index < -0.39 is 28.4 Å². The molecule has 0 unspecified atom stereocenters. The molecule has 9 nitrogen and oxygen atoms in total. The summed E-state index contributed by atoms with van der Waals surface area (Å²) in [5, 5.41) is 5.56. The molecule has 0 fully saturated rings. The van der Waals surface area contributed by atoms with E-state index in [9.17, 15) is 18.0 Å². The molecular weight excluding hydrogens is 530 g/mol. The van der Waals surface area contributed by atoms with E-state index in [4.69, 9.17) is 20.8 Å². The molecule has 0 bridgehead atoms. The number of methoxy groups -OCH3 is 1. The number of sulfonamides is 1. The minimum Gasteiger partial charge on any atom is -0.495 e. The van der Waals surface area contributed by atoms with Gasteiger partial charge in [-0.2, -0.15) is 0 Å². The summed E-state index contributed by atoms with van der Waals surface area (Å²) in [6.45, 7) is -0.419. The van der Waals surface area contributed by atoms with Gasteiger partial charge >= 0.3 is 0 Å². The van der Waals surface area contributed by atoms with Crippen molar-refractivity contribution in [3.05, 3.63) is 108 Å². The number of nitrogens with zero attached hydrogens (tertiary/aromatic N) is 1. The minimum atomic E-state index is -4.15. The zero-order chi connectivity index (χ0) is 27.1. The Morgan fingerprint density at radius 1 is 0.974 bits per heavy atom. The Hall–Kier alpha value is -4.28. The maximum atomic E-state index is 13.6. The lowest BCUT2D eigenvalue weighted by Crippen LogP contribution is -2.38. The molecule has 1 aromatic heterocycles. The van der Waals surface area contributed by atoms with Crippen molar-refractivity contribution in [2.75, 3.05) is 23.3 Å². The largest absolute Gasteiger partial charge is 0.495 e. The summed E-state index contributed by atoms with van der Waals surface area (Å²) < 4.78 is 38.5. The molecule has 1 heterocycles. The van der Waals surface area contributed by atoms with E-state index in [1.165, 1.54) is 43.7 Å². The summed E-state index contributed by atoms with van der Waals surface area (Å²) in [6.07, 6.45) is 1.50. The van der Waals surface area contributed by atoms with Gasteiger partial charge in [-0.1, -0.05) is 41.9 Å². The van der Waals surface area contributed by atoms with Crippen molar-refractivity contribution in [3.63, 3.8) is 0 Å². The number of para-hydroxylation sites is 1. The fraction of sp³-hybridized carbons (Fsp3) is 0.111. The van der Waals surface area contributed by atoms with Crippen LogP contribution in [0.4, 0.5) is 11.4 Å². The van der Waals surface area contributed by atoms with Crippen LogP contribution in [0.25, 0.3) is 0 Å². The van der Waals surface area contributed by atoms with Crippen molar-refractivity contribution in [2.24, 2.45) is 0 Å². The number of hydrogen-bond donors (Lipinski definition) is 2. The number of hydrogen-bond acceptors (Lipinski definition) is 6. The highest BCUT2D eigenvalue weighted by molar-refractivity contribution is 7.92. The fourth-order valence-electron chi connectivity index (χ4n) is 3.63. The molecule has 0 saturated carbocycles. The van der Waals surface area contributed by atoms with Crippen molar-refractivity contribution in [1.82, 2.24) is 5.32 Å². The van der Waals surface area contributed by atoms with E-state index in [1.54, 1.807) is 54.6 Å². The number of carbonyl (C=O) groups excluding carboxylic acids is 2. The average molecular weight is 554 g/mol. The molecule has 0 spiro atoms. The highest BCUT2D eigenvalue weighted by Crippen LogP contribution is 2.32. The summed E-state index contributed by atoms with van der Waals surface area (Å²) in [6, 6.07) is 22.0. The molecule has 196 valence electrons. The molecule has 38 heavy (non-hydrogen) atoms. The second-order valence-corrected chi connectivity index (χ2v) is 10.3. The van der Waals surface area contributed by atoms with Gasteiger partial charge in [-0.05, 0) is 54.6 Å². The number of halogens is 1. The molecule has 0 aliphatic heterocycles. The Bertz CT molecular complexity index is 1530. The third-order valence-electron chi connectivity index (χ3n) is 5.49. The van der Waals surface area contributed by atoms with E-state index >= 15 is 0 Å². The Morgan fingerprint density at radius 3 is 2.39 bits per heavy atom. The zero-order valence-electron chi connectivity index (χ0n) is 20.3. The van der Waals surface area contributed by atoms with Crippen LogP contribution in [0, 0.1) is 0 Å². The second-order valence-electron chi connectivity index (χ2n) is 8.00. The highest BCUT2D eigenvalue weighted by Gasteiger charge is 2.28. The number of nitrogens with one attached hydrogen (secondary N) is 2. The van der Waals surface area contributed by atoms with E-state index in [2.05, 4.69) is 10.6 Å². The maximum Gasteiger partial charge on any atom is 0.264 e. The third kappa shape index (κ3) is 6.16. The van der Waals surface area contributed by atoms with Crippen LogP contribution in [0.2, 0.25) is 5.02 Å². The van der Waals surface area contributed by atoms with Crippen LogP contribution in [-0.2, 0) is 21.4 Å². The number of benzene rings is 3. The van der Waals surface area contributed by atoms with E-state index in [0.717, 1.165) is 4.31 Å². The monoisotopic (exact) mass is 553 g/mol. The average Bonchev–Trinajstić information content (AvgIpc) is 3.45. The molecule has 2 N–H and O–H groups in total. The van der Waals surface area contributed by atoms with Crippen molar-refractivity contribution in [3.8, 4) is 5.75 Å². The number of carbonyl (C=O) groups is 2. The molecule has 4 aromatic rings. The molecule has 3 aromatic carbocycles. The maximum absolute atomic E-state index is 13.6. The Morgan fingerprint density at radius 2 is 1.71 bits per heavy atom. The first-order valence-electron chi connectivity index (χ1n) is 11.4. The number of amides is 2. The van der Waals surface area contributed by atoms with Crippen molar-refractivity contribution in [2.45, 2.75) is 11.4 Å². The van der Waals surface area contributed by atoms with Crippen molar-refractivity contribution < 1.29 is 27.2 Å². The van der Waals surface area contributed by atoms with Gasteiger partial charge in [0.05, 0.1) is 46.8 Å². The van der Waals surface area contributed by atoms with Crippen LogP contribution in [0.5, 0.6) is 5.75 Å². The molecule has 4 rings (SSSR count). The number of rotatable bonds is 10. The summed E-state index contributed by atoms with van der Waals surface area (Å²) in [5.41, 5.74) is 0.593. The van der Waals surface area contributed by atoms with Crippen LogP contribution < -0.4 is 19.7 Å². The fourth-order valence-corrected chi connectivity index (χ4v) is 5.32. The van der Waals surface area contributed by atoms with E-state index in [-0.39, 0.29) is 33.4 Å². The highest BCUT2D eigenvalue weighted by atomic mass is 35.5. The van der Waals surface area contributed by atoms with Gasteiger partial charge in [0.1, 0.15) is 18.1 Å². The Kier molecular flexibility index (Phi) is 8.35. The van der Waals surface area contributed by atoms with Crippen molar-refractivity contribution >= 4 is 44.8 Å². The quantitative estimate of drug-likeness (QED) is 0.294. The standard InChI is InChI=1S/C27H24ClN3O6S/c1-36-25-14-13-19(16-23(25)28)31(38(34,35)21-9-3-2-4-10-21)18-26(32)30-24-12-6-5-11-22(24)27(33)29-17-20-8-7-15-37-20/h2-16H,17-18H2,1H3,(H,29,33)(H,30,32). The first-order chi connectivity index (χ1) is 18.3. The Balaban J connectivity index is 1.59. The molecule has 0 aliphatic rings. The van der Waals surface area contributed by atoms with Crippen LogP contribution in [-0.4, -0.2) is 33.9 Å². The number of ether oxygens (including phenoxy) is 1. The molecule has 0 radical (unpaired) electrons.